The number of hydrogen-bond acceptors (Lipinski definition) is 6. The summed E-state index contributed by atoms with van der Waals surface area (Å²) in [5.41, 5.74) is 0. The van der Waals surface area contributed by atoms with Gasteiger partial charge in [-0.1, -0.05) is 13.8 Å². The van der Waals surface area contributed by atoms with Gasteiger partial charge in [-0.15, -0.1) is 4.37 Å². The van der Waals surface area contributed by atoms with Gasteiger partial charge in [0.1, 0.15) is 0 Å². The molecule has 0 unspecified atom stereocenters. The molecule has 0 aliphatic rings. The smallest absolute Gasteiger partial charge is 0.265 e. The van der Waals surface area contributed by atoms with Crippen molar-refractivity contribution in [3.05, 3.63) is 0 Å². The van der Waals surface area contributed by atoms with E-state index in [2.05, 4.69) is 22.6 Å². The average Bonchev–Trinajstić information content (AvgIpc) is 2.59. The van der Waals surface area contributed by atoms with Crippen molar-refractivity contribution in [3.63, 3.8) is 0 Å². The SMILES string of the molecule is CC(C)CCCOc1nsnc1S(C)(=O)=O. The summed E-state index contributed by atoms with van der Waals surface area (Å²) in [6.07, 6.45) is 3.04. The molecule has 92 valence electrons. The zero-order valence-corrected chi connectivity index (χ0v) is 11.3. The minimum absolute atomic E-state index is 0.0537. The summed E-state index contributed by atoms with van der Waals surface area (Å²) in [5, 5.41) is -0.0537. The summed E-state index contributed by atoms with van der Waals surface area (Å²) in [4.78, 5) is 0. The Bertz CT molecular complexity index is 426. The summed E-state index contributed by atoms with van der Waals surface area (Å²) < 4.78 is 35.4. The lowest BCUT2D eigenvalue weighted by atomic mass is 10.1. The predicted octanol–water partition coefficient (Wildman–Crippen LogP) is 1.76. The molecule has 1 aromatic rings. The van der Waals surface area contributed by atoms with E-state index in [0.717, 1.165) is 30.8 Å². The lowest BCUT2D eigenvalue weighted by Crippen LogP contribution is -2.05. The summed E-state index contributed by atoms with van der Waals surface area (Å²) in [5.74, 6) is 0.753. The van der Waals surface area contributed by atoms with Crippen LogP contribution in [0.4, 0.5) is 0 Å². The van der Waals surface area contributed by atoms with E-state index in [1.807, 2.05) is 0 Å². The number of nitrogens with zero attached hydrogens (tertiary/aromatic N) is 2. The van der Waals surface area contributed by atoms with Crippen LogP contribution in [0.5, 0.6) is 5.88 Å². The highest BCUT2D eigenvalue weighted by Gasteiger charge is 2.19. The average molecular weight is 264 g/mol. The Balaban J connectivity index is 2.52. The van der Waals surface area contributed by atoms with Gasteiger partial charge in [0, 0.05) is 6.26 Å². The lowest BCUT2D eigenvalue weighted by molar-refractivity contribution is 0.281. The summed E-state index contributed by atoms with van der Waals surface area (Å²) in [7, 11) is -3.33. The van der Waals surface area contributed by atoms with Crippen LogP contribution in [-0.2, 0) is 9.84 Å². The van der Waals surface area contributed by atoms with Gasteiger partial charge >= 0.3 is 0 Å². The van der Waals surface area contributed by atoms with Crippen LogP contribution in [0.3, 0.4) is 0 Å². The Morgan fingerprint density at radius 1 is 1.38 bits per heavy atom. The second-order valence-corrected chi connectivity index (χ2v) is 6.49. The maximum absolute atomic E-state index is 11.3. The van der Waals surface area contributed by atoms with E-state index in [1.54, 1.807) is 0 Å². The second kappa shape index (κ2) is 5.58. The van der Waals surface area contributed by atoms with Crippen molar-refractivity contribution in [3.8, 4) is 5.88 Å². The molecular weight excluding hydrogens is 248 g/mol. The van der Waals surface area contributed by atoms with Crippen LogP contribution in [0.25, 0.3) is 0 Å². The van der Waals surface area contributed by atoms with Crippen molar-refractivity contribution < 1.29 is 13.2 Å². The molecule has 0 N–H and O–H groups in total. The van der Waals surface area contributed by atoms with Crippen molar-refractivity contribution in [2.75, 3.05) is 12.9 Å². The number of sulfone groups is 1. The maximum Gasteiger partial charge on any atom is 0.265 e. The zero-order valence-electron chi connectivity index (χ0n) is 9.63. The van der Waals surface area contributed by atoms with Crippen LogP contribution in [0.2, 0.25) is 0 Å². The molecule has 0 saturated carbocycles. The molecule has 7 heteroatoms. The highest BCUT2D eigenvalue weighted by Crippen LogP contribution is 2.20. The molecule has 0 spiro atoms. The van der Waals surface area contributed by atoms with Crippen LogP contribution in [-0.4, -0.2) is 30.0 Å². The number of hydrogen-bond donors (Lipinski definition) is 0. The summed E-state index contributed by atoms with van der Waals surface area (Å²) in [6, 6.07) is 0. The quantitative estimate of drug-likeness (QED) is 0.732. The van der Waals surface area contributed by atoms with E-state index in [0.29, 0.717) is 12.5 Å². The third kappa shape index (κ3) is 4.05. The summed E-state index contributed by atoms with van der Waals surface area (Å²) in [6.45, 7) is 4.74. The third-order valence-corrected chi connectivity index (χ3v) is 3.54. The lowest BCUT2D eigenvalue weighted by Gasteiger charge is -2.05. The van der Waals surface area contributed by atoms with Gasteiger partial charge in [0.05, 0.1) is 18.3 Å². The van der Waals surface area contributed by atoms with Crippen LogP contribution >= 0.6 is 11.7 Å². The summed E-state index contributed by atoms with van der Waals surface area (Å²) >= 11 is 0.853. The standard InChI is InChI=1S/C9H16N2O3S2/c1-7(2)5-4-6-14-8-9(11-15-10-8)16(3,12)13/h7H,4-6H2,1-3H3. The first-order chi connectivity index (χ1) is 7.41. The van der Waals surface area contributed by atoms with Crippen molar-refractivity contribution in [2.45, 2.75) is 31.7 Å². The molecule has 1 aromatic heterocycles. The highest BCUT2D eigenvalue weighted by atomic mass is 32.2. The number of aromatic nitrogens is 2. The van der Waals surface area contributed by atoms with Crippen LogP contribution in [0, 0.1) is 5.92 Å². The van der Waals surface area contributed by atoms with E-state index in [1.165, 1.54) is 0 Å². The maximum atomic E-state index is 11.3. The van der Waals surface area contributed by atoms with Gasteiger partial charge in [-0.25, -0.2) is 8.42 Å². The number of ether oxygens (including phenoxy) is 1. The Labute approximate surface area is 100 Å². The van der Waals surface area contributed by atoms with Gasteiger partial charge in [-0.2, -0.15) is 4.37 Å². The molecule has 1 heterocycles. The van der Waals surface area contributed by atoms with Gasteiger partial charge in [0.2, 0.25) is 5.03 Å². The van der Waals surface area contributed by atoms with Crippen molar-refractivity contribution in [2.24, 2.45) is 5.92 Å². The molecule has 0 saturated heterocycles. The Kier molecular flexibility index (Phi) is 4.67. The fourth-order valence-electron chi connectivity index (χ4n) is 1.15. The predicted molar refractivity (Wildman–Crippen MR) is 62.6 cm³/mol. The molecule has 0 bridgehead atoms. The molecule has 1 rings (SSSR count). The molecule has 0 aromatic carbocycles. The zero-order chi connectivity index (χ0) is 12.2. The molecule has 0 aliphatic carbocycles. The van der Waals surface area contributed by atoms with Crippen molar-refractivity contribution >= 4 is 21.6 Å². The first-order valence-corrected chi connectivity index (χ1v) is 7.69. The van der Waals surface area contributed by atoms with Crippen LogP contribution in [0.1, 0.15) is 26.7 Å². The molecule has 0 radical (unpaired) electrons. The van der Waals surface area contributed by atoms with Crippen LogP contribution < -0.4 is 4.74 Å². The Morgan fingerprint density at radius 3 is 2.62 bits per heavy atom. The van der Waals surface area contributed by atoms with Crippen LogP contribution in [0.15, 0.2) is 5.03 Å². The first-order valence-electron chi connectivity index (χ1n) is 5.06. The molecule has 5 nitrogen and oxygen atoms in total. The monoisotopic (exact) mass is 264 g/mol. The third-order valence-electron chi connectivity index (χ3n) is 1.95. The van der Waals surface area contributed by atoms with Gasteiger partial charge in [-0.05, 0) is 18.8 Å². The van der Waals surface area contributed by atoms with E-state index in [-0.39, 0.29) is 10.9 Å². The molecular formula is C9H16N2O3S2. The van der Waals surface area contributed by atoms with Gasteiger partial charge in [0.25, 0.3) is 5.88 Å². The van der Waals surface area contributed by atoms with Gasteiger partial charge in [-0.3, -0.25) is 0 Å². The molecule has 0 fully saturated rings. The van der Waals surface area contributed by atoms with Gasteiger partial charge in [0.15, 0.2) is 9.84 Å². The van der Waals surface area contributed by atoms with Crippen molar-refractivity contribution in [1.82, 2.24) is 8.75 Å². The van der Waals surface area contributed by atoms with Gasteiger partial charge < -0.3 is 4.74 Å². The largest absolute Gasteiger partial charge is 0.475 e. The van der Waals surface area contributed by atoms with Crippen molar-refractivity contribution in [1.29, 1.82) is 0 Å². The Hall–Kier alpha value is -0.690. The second-order valence-electron chi connectivity index (χ2n) is 4.03. The molecule has 0 aliphatic heterocycles. The topological polar surface area (TPSA) is 69.2 Å². The fraction of sp³-hybridized carbons (Fsp3) is 0.778. The fourth-order valence-corrected chi connectivity index (χ4v) is 2.68. The Morgan fingerprint density at radius 2 is 2.06 bits per heavy atom. The minimum Gasteiger partial charge on any atom is -0.475 e. The van der Waals surface area contributed by atoms with E-state index >= 15 is 0 Å². The highest BCUT2D eigenvalue weighted by molar-refractivity contribution is 7.90. The molecule has 16 heavy (non-hydrogen) atoms. The minimum atomic E-state index is -3.33. The normalized spacial score (nSPS) is 12.0. The number of rotatable bonds is 6. The molecule has 0 atom stereocenters. The molecule has 0 amide bonds. The van der Waals surface area contributed by atoms with E-state index in [4.69, 9.17) is 4.74 Å². The van der Waals surface area contributed by atoms with E-state index in [9.17, 15) is 8.42 Å². The first kappa shape index (κ1) is 13.4. The van der Waals surface area contributed by atoms with E-state index < -0.39 is 9.84 Å².